The predicted molar refractivity (Wildman–Crippen MR) is 71.8 cm³/mol. The van der Waals surface area contributed by atoms with E-state index in [9.17, 15) is 14.9 Å². The number of nitrogens with zero attached hydrogens (tertiary/aromatic N) is 2. The Bertz CT molecular complexity index is 638. The van der Waals surface area contributed by atoms with Crippen LogP contribution in [0.2, 0.25) is 0 Å². The smallest absolute Gasteiger partial charge is 0.269 e. The van der Waals surface area contributed by atoms with Crippen LogP contribution in [0.25, 0.3) is 0 Å². The molecular formula is C14H12N2O4. The SMILES string of the molecule is Cc1ccc(OCc2ccc([N+](=O)[O-])cc2)c(C=O)n1. The van der Waals surface area contributed by atoms with Crippen LogP contribution in [0.4, 0.5) is 5.69 Å². The minimum absolute atomic E-state index is 0.0272. The van der Waals surface area contributed by atoms with Gasteiger partial charge in [0.25, 0.3) is 5.69 Å². The van der Waals surface area contributed by atoms with Crippen LogP contribution in [0.1, 0.15) is 21.7 Å². The molecule has 0 N–H and O–H groups in total. The van der Waals surface area contributed by atoms with E-state index < -0.39 is 4.92 Å². The molecule has 0 fully saturated rings. The molecule has 0 aliphatic heterocycles. The van der Waals surface area contributed by atoms with E-state index in [1.807, 2.05) is 0 Å². The van der Waals surface area contributed by atoms with Crippen LogP contribution in [0.15, 0.2) is 36.4 Å². The van der Waals surface area contributed by atoms with E-state index in [0.717, 1.165) is 11.3 Å². The Hall–Kier alpha value is -2.76. The molecule has 1 aromatic carbocycles. The number of carbonyl (C=O) groups is 1. The molecule has 0 bridgehead atoms. The van der Waals surface area contributed by atoms with Crippen molar-refractivity contribution in [3.05, 3.63) is 63.5 Å². The molecule has 0 saturated heterocycles. The highest BCUT2D eigenvalue weighted by molar-refractivity contribution is 5.76. The van der Waals surface area contributed by atoms with E-state index in [4.69, 9.17) is 4.74 Å². The fourth-order valence-electron chi connectivity index (χ4n) is 1.65. The quantitative estimate of drug-likeness (QED) is 0.474. The number of aromatic nitrogens is 1. The number of non-ortho nitro benzene ring substituents is 1. The van der Waals surface area contributed by atoms with Crippen molar-refractivity contribution in [3.8, 4) is 5.75 Å². The second kappa shape index (κ2) is 5.92. The number of aldehydes is 1. The lowest BCUT2D eigenvalue weighted by Gasteiger charge is -2.08. The predicted octanol–water partition coefficient (Wildman–Crippen LogP) is 2.69. The second-order valence-corrected chi connectivity index (χ2v) is 4.17. The van der Waals surface area contributed by atoms with Crippen LogP contribution in [-0.4, -0.2) is 16.2 Å². The number of pyridine rings is 1. The maximum absolute atomic E-state index is 10.9. The van der Waals surface area contributed by atoms with Gasteiger partial charge in [0, 0.05) is 17.8 Å². The van der Waals surface area contributed by atoms with E-state index >= 15 is 0 Å². The molecule has 1 heterocycles. The highest BCUT2D eigenvalue weighted by atomic mass is 16.6. The van der Waals surface area contributed by atoms with Gasteiger partial charge in [-0.05, 0) is 36.8 Å². The molecule has 102 valence electrons. The largest absolute Gasteiger partial charge is 0.487 e. The number of rotatable bonds is 5. The average Bonchev–Trinajstić information content (AvgIpc) is 2.46. The van der Waals surface area contributed by atoms with Crippen LogP contribution < -0.4 is 4.74 Å². The highest BCUT2D eigenvalue weighted by Crippen LogP contribution is 2.18. The van der Waals surface area contributed by atoms with Crippen molar-refractivity contribution in [1.29, 1.82) is 0 Å². The van der Waals surface area contributed by atoms with Gasteiger partial charge in [0.1, 0.15) is 18.1 Å². The highest BCUT2D eigenvalue weighted by Gasteiger charge is 2.07. The Morgan fingerprint density at radius 1 is 1.25 bits per heavy atom. The Balaban J connectivity index is 2.08. The van der Waals surface area contributed by atoms with Crippen molar-refractivity contribution in [2.45, 2.75) is 13.5 Å². The minimum Gasteiger partial charge on any atom is -0.487 e. The number of carbonyl (C=O) groups excluding carboxylic acids is 1. The first kappa shape index (κ1) is 13.7. The number of hydrogen-bond donors (Lipinski definition) is 0. The van der Waals surface area contributed by atoms with E-state index in [1.165, 1.54) is 12.1 Å². The Kier molecular flexibility index (Phi) is 4.05. The topological polar surface area (TPSA) is 82.3 Å². The van der Waals surface area contributed by atoms with Gasteiger partial charge in [-0.1, -0.05) is 0 Å². The third-order valence-corrected chi connectivity index (χ3v) is 2.68. The fraction of sp³-hybridized carbons (Fsp3) is 0.143. The van der Waals surface area contributed by atoms with Gasteiger partial charge in [0.15, 0.2) is 6.29 Å². The molecule has 0 spiro atoms. The summed E-state index contributed by atoms with van der Waals surface area (Å²) in [6.07, 6.45) is 0.637. The summed E-state index contributed by atoms with van der Waals surface area (Å²) in [7, 11) is 0. The Morgan fingerprint density at radius 2 is 1.95 bits per heavy atom. The summed E-state index contributed by atoms with van der Waals surface area (Å²) >= 11 is 0. The van der Waals surface area contributed by atoms with E-state index in [0.29, 0.717) is 12.0 Å². The van der Waals surface area contributed by atoms with Gasteiger partial charge in [-0.15, -0.1) is 0 Å². The molecule has 20 heavy (non-hydrogen) atoms. The van der Waals surface area contributed by atoms with E-state index in [1.54, 1.807) is 31.2 Å². The number of benzene rings is 1. The summed E-state index contributed by atoms with van der Waals surface area (Å²) in [4.78, 5) is 25.0. The maximum Gasteiger partial charge on any atom is 0.269 e. The lowest BCUT2D eigenvalue weighted by Crippen LogP contribution is -2.01. The minimum atomic E-state index is -0.459. The molecule has 6 nitrogen and oxygen atoms in total. The average molecular weight is 272 g/mol. The van der Waals surface area contributed by atoms with Crippen LogP contribution in [0.5, 0.6) is 5.75 Å². The molecule has 0 unspecified atom stereocenters. The summed E-state index contributed by atoms with van der Waals surface area (Å²) in [5.74, 6) is 0.393. The van der Waals surface area contributed by atoms with Crippen LogP contribution >= 0.6 is 0 Å². The number of aryl methyl sites for hydroxylation is 1. The number of hydrogen-bond acceptors (Lipinski definition) is 5. The van der Waals surface area contributed by atoms with Crippen molar-refractivity contribution in [2.75, 3.05) is 0 Å². The maximum atomic E-state index is 10.9. The molecule has 1 aromatic heterocycles. The molecule has 0 aliphatic carbocycles. The van der Waals surface area contributed by atoms with Crippen molar-refractivity contribution >= 4 is 12.0 Å². The van der Waals surface area contributed by atoms with Gasteiger partial charge in [-0.25, -0.2) is 4.98 Å². The normalized spacial score (nSPS) is 10.1. The summed E-state index contributed by atoms with van der Waals surface area (Å²) in [6.45, 7) is 2.00. The first-order valence-corrected chi connectivity index (χ1v) is 5.89. The molecule has 0 aliphatic rings. The first-order chi connectivity index (χ1) is 9.60. The Morgan fingerprint density at radius 3 is 2.55 bits per heavy atom. The third-order valence-electron chi connectivity index (χ3n) is 2.68. The third kappa shape index (κ3) is 3.17. The summed E-state index contributed by atoms with van der Waals surface area (Å²) in [5, 5.41) is 10.5. The van der Waals surface area contributed by atoms with Gasteiger partial charge in [-0.3, -0.25) is 14.9 Å². The van der Waals surface area contributed by atoms with Crippen molar-refractivity contribution in [2.24, 2.45) is 0 Å². The van der Waals surface area contributed by atoms with Gasteiger partial charge in [0.2, 0.25) is 0 Å². The molecule has 0 atom stereocenters. The van der Waals surface area contributed by atoms with Gasteiger partial charge < -0.3 is 4.74 Å². The number of ether oxygens (including phenoxy) is 1. The summed E-state index contributed by atoms with van der Waals surface area (Å²) < 4.78 is 5.51. The summed E-state index contributed by atoms with van der Waals surface area (Å²) in [6, 6.07) is 9.47. The molecule has 2 aromatic rings. The van der Waals surface area contributed by atoms with Crippen molar-refractivity contribution in [3.63, 3.8) is 0 Å². The van der Waals surface area contributed by atoms with Gasteiger partial charge in [-0.2, -0.15) is 0 Å². The molecule has 0 radical (unpaired) electrons. The Labute approximate surface area is 115 Å². The van der Waals surface area contributed by atoms with Crippen LogP contribution in [0.3, 0.4) is 0 Å². The van der Waals surface area contributed by atoms with Gasteiger partial charge >= 0.3 is 0 Å². The van der Waals surface area contributed by atoms with Crippen molar-refractivity contribution < 1.29 is 14.5 Å². The lowest BCUT2D eigenvalue weighted by molar-refractivity contribution is -0.384. The van der Waals surface area contributed by atoms with Gasteiger partial charge in [0.05, 0.1) is 4.92 Å². The number of nitro groups is 1. The zero-order chi connectivity index (χ0) is 14.5. The van der Waals surface area contributed by atoms with Crippen molar-refractivity contribution in [1.82, 2.24) is 4.98 Å². The standard InChI is InChI=1S/C14H12N2O4/c1-10-2-7-14(13(8-17)15-10)20-9-11-3-5-12(6-4-11)16(18)19/h2-8H,9H2,1H3. The molecule has 0 amide bonds. The molecule has 0 saturated carbocycles. The summed E-state index contributed by atoms with van der Waals surface area (Å²) in [5.41, 5.74) is 1.77. The zero-order valence-corrected chi connectivity index (χ0v) is 10.8. The molecular weight excluding hydrogens is 260 g/mol. The number of nitro benzene ring substituents is 1. The fourth-order valence-corrected chi connectivity index (χ4v) is 1.65. The monoisotopic (exact) mass is 272 g/mol. The van der Waals surface area contributed by atoms with E-state index in [2.05, 4.69) is 4.98 Å². The second-order valence-electron chi connectivity index (χ2n) is 4.17. The van der Waals surface area contributed by atoms with Crippen LogP contribution in [0, 0.1) is 17.0 Å². The lowest BCUT2D eigenvalue weighted by atomic mass is 10.2. The zero-order valence-electron chi connectivity index (χ0n) is 10.8. The molecule has 2 rings (SSSR count). The molecule has 6 heteroatoms. The van der Waals surface area contributed by atoms with Crippen LogP contribution in [-0.2, 0) is 6.61 Å². The van der Waals surface area contributed by atoms with E-state index in [-0.39, 0.29) is 18.0 Å². The first-order valence-electron chi connectivity index (χ1n) is 5.89.